The van der Waals surface area contributed by atoms with E-state index in [2.05, 4.69) is 4.72 Å². The summed E-state index contributed by atoms with van der Waals surface area (Å²) in [7, 11) is -3.57. The largest absolute Gasteiger partial charge is 0.454 e. The number of nitrogens with one attached hydrogen (secondary N) is 1. The summed E-state index contributed by atoms with van der Waals surface area (Å²) in [6.45, 7) is 4.03. The fourth-order valence-electron chi connectivity index (χ4n) is 2.46. The molecule has 0 bridgehead atoms. The normalized spacial score (nSPS) is 14.7. The van der Waals surface area contributed by atoms with E-state index in [-0.39, 0.29) is 17.7 Å². The molecule has 5 nitrogen and oxygen atoms in total. The fourth-order valence-corrected chi connectivity index (χ4v) is 3.69. The van der Waals surface area contributed by atoms with Gasteiger partial charge in [0.1, 0.15) is 0 Å². The van der Waals surface area contributed by atoms with E-state index < -0.39 is 10.0 Å². The van der Waals surface area contributed by atoms with Crippen LogP contribution in [0.15, 0.2) is 47.4 Å². The summed E-state index contributed by atoms with van der Waals surface area (Å²) in [4.78, 5) is 0.266. The Labute approximate surface area is 136 Å². The highest BCUT2D eigenvalue weighted by Gasteiger charge is 2.20. The third-order valence-corrected chi connectivity index (χ3v) is 5.43. The maximum absolute atomic E-state index is 12.5. The van der Waals surface area contributed by atoms with Gasteiger partial charge in [-0.15, -0.1) is 0 Å². The molecular formula is C17H19NO4S. The molecule has 1 aliphatic rings. The van der Waals surface area contributed by atoms with Gasteiger partial charge in [-0.1, -0.05) is 25.1 Å². The van der Waals surface area contributed by atoms with E-state index in [0.717, 1.165) is 17.5 Å². The second-order valence-electron chi connectivity index (χ2n) is 5.45. The average molecular weight is 333 g/mol. The van der Waals surface area contributed by atoms with E-state index >= 15 is 0 Å². The summed E-state index contributed by atoms with van der Waals surface area (Å²) < 4.78 is 38.3. The lowest BCUT2D eigenvalue weighted by atomic mass is 10.1. The zero-order valence-electron chi connectivity index (χ0n) is 13.1. The first-order valence-corrected chi connectivity index (χ1v) is 8.99. The standard InChI is InChI=1S/C17H19NO4S/c1-3-13-4-7-15(8-5-13)23(19,20)18-12(2)14-6-9-16-17(10-14)22-11-21-16/h4-10,12,18H,3,11H2,1-2H3/t12-/m0/s1. The smallest absolute Gasteiger partial charge is 0.241 e. The lowest BCUT2D eigenvalue weighted by Crippen LogP contribution is -2.26. The number of ether oxygens (including phenoxy) is 2. The summed E-state index contributed by atoms with van der Waals surface area (Å²) >= 11 is 0. The van der Waals surface area contributed by atoms with Crippen LogP contribution in [0, 0.1) is 0 Å². The predicted molar refractivity (Wildman–Crippen MR) is 87.1 cm³/mol. The molecule has 3 rings (SSSR count). The number of benzene rings is 2. The number of hydrogen-bond acceptors (Lipinski definition) is 4. The van der Waals surface area contributed by atoms with E-state index in [0.29, 0.717) is 11.5 Å². The monoisotopic (exact) mass is 333 g/mol. The first-order chi connectivity index (χ1) is 11.0. The second-order valence-corrected chi connectivity index (χ2v) is 7.17. The molecule has 2 aromatic carbocycles. The lowest BCUT2D eigenvalue weighted by molar-refractivity contribution is 0.174. The Morgan fingerprint density at radius 2 is 1.78 bits per heavy atom. The van der Waals surface area contributed by atoms with Crippen molar-refractivity contribution in [2.75, 3.05) is 6.79 Å². The second kappa shape index (κ2) is 6.22. The summed E-state index contributed by atoms with van der Waals surface area (Å²) in [5.41, 5.74) is 1.93. The highest BCUT2D eigenvalue weighted by molar-refractivity contribution is 7.89. The molecule has 0 amide bonds. The third-order valence-electron chi connectivity index (χ3n) is 3.87. The molecule has 0 aromatic heterocycles. The van der Waals surface area contributed by atoms with Crippen LogP contribution in [0.3, 0.4) is 0 Å². The van der Waals surface area contributed by atoms with E-state index in [9.17, 15) is 8.42 Å². The van der Waals surface area contributed by atoms with E-state index in [1.165, 1.54) is 0 Å². The first-order valence-electron chi connectivity index (χ1n) is 7.50. The van der Waals surface area contributed by atoms with Gasteiger partial charge in [-0.25, -0.2) is 13.1 Å². The van der Waals surface area contributed by atoms with Crippen LogP contribution < -0.4 is 14.2 Å². The molecule has 0 aliphatic carbocycles. The van der Waals surface area contributed by atoms with Crippen molar-refractivity contribution in [1.82, 2.24) is 4.72 Å². The van der Waals surface area contributed by atoms with Gasteiger partial charge in [0.2, 0.25) is 16.8 Å². The van der Waals surface area contributed by atoms with Gasteiger partial charge >= 0.3 is 0 Å². The van der Waals surface area contributed by atoms with Gasteiger partial charge in [-0.2, -0.15) is 0 Å². The Morgan fingerprint density at radius 1 is 1.09 bits per heavy atom. The van der Waals surface area contributed by atoms with Gasteiger partial charge in [-0.05, 0) is 48.7 Å². The van der Waals surface area contributed by atoms with Crippen LogP contribution in [-0.2, 0) is 16.4 Å². The van der Waals surface area contributed by atoms with Crippen LogP contribution >= 0.6 is 0 Å². The third kappa shape index (κ3) is 3.33. The van der Waals surface area contributed by atoms with Crippen LogP contribution in [0.1, 0.15) is 31.0 Å². The molecule has 6 heteroatoms. The fraction of sp³-hybridized carbons (Fsp3) is 0.294. The molecule has 0 fully saturated rings. The maximum atomic E-state index is 12.5. The Balaban J connectivity index is 1.79. The topological polar surface area (TPSA) is 64.6 Å². The van der Waals surface area contributed by atoms with Crippen molar-refractivity contribution in [3.63, 3.8) is 0 Å². The van der Waals surface area contributed by atoms with Gasteiger partial charge in [0.15, 0.2) is 11.5 Å². The highest BCUT2D eigenvalue weighted by atomic mass is 32.2. The molecular weight excluding hydrogens is 314 g/mol. The van der Waals surface area contributed by atoms with Gasteiger partial charge in [0.25, 0.3) is 0 Å². The molecule has 1 N–H and O–H groups in total. The number of sulfonamides is 1. The number of aryl methyl sites for hydroxylation is 1. The molecule has 2 aromatic rings. The molecule has 0 spiro atoms. The molecule has 23 heavy (non-hydrogen) atoms. The zero-order valence-corrected chi connectivity index (χ0v) is 13.9. The summed E-state index contributed by atoms with van der Waals surface area (Å²) in [5, 5.41) is 0. The zero-order chi connectivity index (χ0) is 16.4. The maximum Gasteiger partial charge on any atom is 0.241 e. The molecule has 1 aliphatic heterocycles. The molecule has 1 heterocycles. The summed E-state index contributed by atoms with van der Waals surface area (Å²) in [6, 6.07) is 12.0. The Kier molecular flexibility index (Phi) is 4.28. The Hall–Kier alpha value is -2.05. The first kappa shape index (κ1) is 15.8. The lowest BCUT2D eigenvalue weighted by Gasteiger charge is -2.15. The van der Waals surface area contributed by atoms with Crippen molar-refractivity contribution < 1.29 is 17.9 Å². The van der Waals surface area contributed by atoms with Gasteiger partial charge in [0, 0.05) is 6.04 Å². The molecule has 1 atom stereocenters. The number of rotatable bonds is 5. The van der Waals surface area contributed by atoms with Crippen molar-refractivity contribution in [3.05, 3.63) is 53.6 Å². The van der Waals surface area contributed by atoms with E-state index in [4.69, 9.17) is 9.47 Å². The summed E-state index contributed by atoms with van der Waals surface area (Å²) in [5.74, 6) is 1.32. The van der Waals surface area contributed by atoms with Gasteiger partial charge < -0.3 is 9.47 Å². The molecule has 0 unspecified atom stereocenters. The minimum Gasteiger partial charge on any atom is -0.454 e. The van der Waals surface area contributed by atoms with Crippen molar-refractivity contribution in [3.8, 4) is 11.5 Å². The number of hydrogen-bond donors (Lipinski definition) is 1. The van der Waals surface area contributed by atoms with Crippen LogP contribution in [0.4, 0.5) is 0 Å². The van der Waals surface area contributed by atoms with E-state index in [1.807, 2.05) is 25.1 Å². The van der Waals surface area contributed by atoms with Crippen molar-refractivity contribution in [2.24, 2.45) is 0 Å². The van der Waals surface area contributed by atoms with Crippen molar-refractivity contribution in [2.45, 2.75) is 31.2 Å². The molecule has 0 saturated carbocycles. The van der Waals surface area contributed by atoms with Crippen LogP contribution in [0.2, 0.25) is 0 Å². The minimum atomic E-state index is -3.57. The average Bonchev–Trinajstić information content (AvgIpc) is 3.02. The van der Waals surface area contributed by atoms with Gasteiger partial charge in [0.05, 0.1) is 4.90 Å². The highest BCUT2D eigenvalue weighted by Crippen LogP contribution is 2.34. The summed E-state index contributed by atoms with van der Waals surface area (Å²) in [6.07, 6.45) is 0.876. The molecule has 0 saturated heterocycles. The minimum absolute atomic E-state index is 0.197. The van der Waals surface area contributed by atoms with Crippen molar-refractivity contribution in [1.29, 1.82) is 0 Å². The predicted octanol–water partition coefficient (Wildman–Crippen LogP) is 3.02. The van der Waals surface area contributed by atoms with E-state index in [1.54, 1.807) is 31.2 Å². The van der Waals surface area contributed by atoms with Crippen LogP contribution in [-0.4, -0.2) is 15.2 Å². The van der Waals surface area contributed by atoms with Gasteiger partial charge in [-0.3, -0.25) is 0 Å². The Morgan fingerprint density at radius 3 is 2.48 bits per heavy atom. The molecule has 122 valence electrons. The molecule has 0 radical (unpaired) electrons. The quantitative estimate of drug-likeness (QED) is 0.913. The SMILES string of the molecule is CCc1ccc(S(=O)(=O)N[C@@H](C)c2ccc3c(c2)OCO3)cc1. The Bertz CT molecular complexity index is 800. The van der Waals surface area contributed by atoms with Crippen molar-refractivity contribution >= 4 is 10.0 Å². The number of fused-ring (bicyclic) bond motifs is 1. The van der Waals surface area contributed by atoms with Crippen LogP contribution in [0.5, 0.6) is 11.5 Å². The van der Waals surface area contributed by atoms with Crippen LogP contribution in [0.25, 0.3) is 0 Å².